The van der Waals surface area contributed by atoms with E-state index < -0.39 is 45.3 Å². The van der Waals surface area contributed by atoms with Crippen LogP contribution in [0.1, 0.15) is 18.4 Å². The Morgan fingerprint density at radius 2 is 1.84 bits per heavy atom. The normalized spacial score (nSPS) is 26.2. The van der Waals surface area contributed by atoms with Gasteiger partial charge in [-0.3, -0.25) is 24.6 Å². The second-order valence-electron chi connectivity index (χ2n) is 9.21. The molecule has 13 heteroatoms. The molecular weight excluding hydrogens is 607 g/mol. The van der Waals surface area contributed by atoms with Crippen LogP contribution in [0, 0.1) is 6.42 Å². The average molecular weight is 628 g/mol. The maximum absolute atomic E-state index is 14.4. The number of benzene rings is 2. The Bertz CT molecular complexity index is 1400. The number of carbonyl (C=O) groups excluding carboxylic acids is 3. The summed E-state index contributed by atoms with van der Waals surface area (Å²) in [7, 11) is -4.57. The fourth-order valence-electron chi connectivity index (χ4n) is 4.84. The number of hydrogen-bond acceptors (Lipinski definition) is 6. The molecule has 3 atom stereocenters. The Balaban J connectivity index is 1.71. The molecule has 2 heterocycles. The fourth-order valence-corrected chi connectivity index (χ4v) is 7.80. The first-order valence-corrected chi connectivity index (χ1v) is 14.4. The van der Waals surface area contributed by atoms with Crippen LogP contribution < -0.4 is 11.1 Å². The van der Waals surface area contributed by atoms with E-state index in [0.717, 1.165) is 9.37 Å². The van der Waals surface area contributed by atoms with Gasteiger partial charge in [0.2, 0.25) is 32.6 Å². The molecule has 2 aliphatic heterocycles. The van der Waals surface area contributed by atoms with Crippen molar-refractivity contribution in [3.8, 4) is 0 Å². The van der Waals surface area contributed by atoms with Gasteiger partial charge in [-0.15, -0.1) is 0 Å². The zero-order chi connectivity index (χ0) is 26.7. The van der Waals surface area contributed by atoms with Crippen LogP contribution in [-0.2, 0) is 30.6 Å². The molecule has 2 aromatic carbocycles. The van der Waals surface area contributed by atoms with E-state index in [1.807, 2.05) is 0 Å². The highest BCUT2D eigenvalue weighted by Crippen LogP contribution is 2.43. The molecule has 0 aromatic heterocycles. The molecule has 2 aromatic rings. The lowest BCUT2D eigenvalue weighted by molar-refractivity contribution is -0.163. The lowest BCUT2D eigenvalue weighted by Crippen LogP contribution is -2.83. The highest BCUT2D eigenvalue weighted by molar-refractivity contribution is 9.10. The van der Waals surface area contributed by atoms with Crippen molar-refractivity contribution in [2.24, 2.45) is 5.73 Å². The number of hydrogen-bond donors (Lipinski definition) is 2. The van der Waals surface area contributed by atoms with Crippen LogP contribution in [-0.4, -0.2) is 65.6 Å². The summed E-state index contributed by atoms with van der Waals surface area (Å²) in [5.74, 6) is -2.28. The number of halogens is 3. The Morgan fingerprint density at radius 1 is 1.16 bits per heavy atom. The molecule has 1 aliphatic carbocycles. The highest BCUT2D eigenvalue weighted by Gasteiger charge is 2.65. The summed E-state index contributed by atoms with van der Waals surface area (Å²) in [5.41, 5.74) is 6.20. The van der Waals surface area contributed by atoms with Crippen LogP contribution in [0.3, 0.4) is 0 Å². The van der Waals surface area contributed by atoms with Gasteiger partial charge in [-0.05, 0) is 48.7 Å². The van der Waals surface area contributed by atoms with Crippen molar-refractivity contribution in [1.29, 1.82) is 0 Å². The summed E-state index contributed by atoms with van der Waals surface area (Å²) < 4.78 is 29.7. The number of primary amides is 1. The van der Waals surface area contributed by atoms with Gasteiger partial charge in [0, 0.05) is 22.0 Å². The first-order chi connectivity index (χ1) is 17.4. The lowest BCUT2D eigenvalue weighted by Gasteiger charge is -2.56. The second-order valence-corrected chi connectivity index (χ2v) is 13.1. The van der Waals surface area contributed by atoms with Gasteiger partial charge in [0.25, 0.3) is 0 Å². The minimum absolute atomic E-state index is 0.0390. The minimum Gasteiger partial charge on any atom is -0.368 e. The Labute approximate surface area is 232 Å². The molecule has 5 rings (SSSR count). The molecule has 3 fully saturated rings. The SMILES string of the molecule is NC(=O)C1[C]C(=O)N2C(Cc3ccc(Br)cc3)C(=O)N(C3CC3)CC2(S(=O)(=O)c2ccc(Cl)cc2Cl)N1. The molecule has 0 bridgehead atoms. The van der Waals surface area contributed by atoms with E-state index in [1.165, 1.54) is 23.1 Å². The predicted molar refractivity (Wildman–Crippen MR) is 139 cm³/mol. The summed E-state index contributed by atoms with van der Waals surface area (Å²) in [4.78, 5) is 39.4. The van der Waals surface area contributed by atoms with E-state index in [9.17, 15) is 22.8 Å². The Morgan fingerprint density at radius 3 is 2.43 bits per heavy atom. The Kier molecular flexibility index (Phi) is 6.81. The molecule has 37 heavy (non-hydrogen) atoms. The van der Waals surface area contributed by atoms with Crippen molar-refractivity contribution in [2.45, 2.75) is 47.3 Å². The average Bonchev–Trinajstić information content (AvgIpc) is 3.67. The molecule has 3 N–H and O–H groups in total. The predicted octanol–water partition coefficient (Wildman–Crippen LogP) is 2.17. The van der Waals surface area contributed by atoms with Crippen LogP contribution in [0.5, 0.6) is 0 Å². The van der Waals surface area contributed by atoms with Gasteiger partial charge < -0.3 is 10.6 Å². The summed E-state index contributed by atoms with van der Waals surface area (Å²) in [6, 6.07) is 8.12. The number of carbonyl (C=O) groups is 3. The zero-order valence-corrected chi connectivity index (χ0v) is 23.1. The number of sulfone groups is 1. The number of piperazine rings is 1. The Hall–Kier alpha value is -2.18. The number of nitrogens with two attached hydrogens (primary N) is 1. The molecule has 2 saturated heterocycles. The van der Waals surface area contributed by atoms with Gasteiger partial charge >= 0.3 is 0 Å². The maximum atomic E-state index is 14.4. The third kappa shape index (κ3) is 4.54. The monoisotopic (exact) mass is 626 g/mol. The van der Waals surface area contributed by atoms with Crippen LogP contribution in [0.2, 0.25) is 10.0 Å². The standard InChI is InChI=1S/C24H21BrCl2N4O5S/c25-14-3-1-13(2-4-14)9-19-23(34)30(16-6-7-16)12-24(29-18(22(28)33)11-21(32)31(19)24)37(35,36)20-8-5-15(26)10-17(20)27/h1-5,8,10,16,18-19,29H,6-7,9,12H2,(H2,28,33). The molecule has 1 saturated carbocycles. The topological polar surface area (TPSA) is 130 Å². The molecule has 9 nitrogen and oxygen atoms in total. The van der Waals surface area contributed by atoms with Gasteiger partial charge in [0.05, 0.1) is 16.5 Å². The van der Waals surface area contributed by atoms with Crippen molar-refractivity contribution in [3.05, 3.63) is 69.0 Å². The molecule has 3 amide bonds. The van der Waals surface area contributed by atoms with Gasteiger partial charge in [0.1, 0.15) is 18.5 Å². The van der Waals surface area contributed by atoms with Crippen molar-refractivity contribution >= 4 is 66.7 Å². The van der Waals surface area contributed by atoms with E-state index in [1.54, 1.807) is 24.3 Å². The fraction of sp³-hybridized carbons (Fsp3) is 0.333. The third-order valence-electron chi connectivity index (χ3n) is 6.75. The van der Waals surface area contributed by atoms with Crippen LogP contribution >= 0.6 is 39.1 Å². The van der Waals surface area contributed by atoms with Gasteiger partial charge in [-0.25, -0.2) is 8.42 Å². The third-order valence-corrected chi connectivity index (χ3v) is 10.2. The second kappa shape index (κ2) is 9.53. The number of nitrogens with zero attached hydrogens (tertiary/aromatic N) is 2. The van der Waals surface area contributed by atoms with Crippen LogP contribution in [0.15, 0.2) is 51.8 Å². The first kappa shape index (κ1) is 26.4. The minimum atomic E-state index is -4.57. The number of rotatable bonds is 6. The van der Waals surface area contributed by atoms with Crippen LogP contribution in [0.4, 0.5) is 0 Å². The number of nitrogens with one attached hydrogen (secondary N) is 1. The largest absolute Gasteiger partial charge is 0.368 e. The molecule has 194 valence electrons. The smallest absolute Gasteiger partial charge is 0.246 e. The van der Waals surface area contributed by atoms with E-state index in [4.69, 9.17) is 28.9 Å². The highest BCUT2D eigenvalue weighted by atomic mass is 79.9. The number of fused-ring (bicyclic) bond motifs is 1. The first-order valence-electron chi connectivity index (χ1n) is 11.4. The molecular formula is C24H21BrCl2N4O5S. The van der Waals surface area contributed by atoms with E-state index in [2.05, 4.69) is 27.7 Å². The van der Waals surface area contributed by atoms with Crippen LogP contribution in [0.25, 0.3) is 0 Å². The van der Waals surface area contributed by atoms with E-state index in [0.29, 0.717) is 18.4 Å². The van der Waals surface area contributed by atoms with Crippen molar-refractivity contribution in [3.63, 3.8) is 0 Å². The van der Waals surface area contributed by atoms with Crippen molar-refractivity contribution in [1.82, 2.24) is 15.1 Å². The van der Waals surface area contributed by atoms with Gasteiger partial charge in [-0.2, -0.15) is 0 Å². The molecule has 0 spiro atoms. The molecule has 2 radical (unpaired) electrons. The maximum Gasteiger partial charge on any atom is 0.246 e. The lowest BCUT2D eigenvalue weighted by atomic mass is 9.96. The van der Waals surface area contributed by atoms with E-state index in [-0.39, 0.29) is 33.3 Å². The van der Waals surface area contributed by atoms with E-state index >= 15 is 0 Å². The summed E-state index contributed by atoms with van der Waals surface area (Å²) >= 11 is 15.7. The van der Waals surface area contributed by atoms with Gasteiger partial charge in [0.15, 0.2) is 0 Å². The quantitative estimate of drug-likeness (QED) is 0.505. The van der Waals surface area contributed by atoms with Crippen molar-refractivity contribution in [2.75, 3.05) is 6.54 Å². The summed E-state index contributed by atoms with van der Waals surface area (Å²) in [5, 5.41) is 2.83. The zero-order valence-electron chi connectivity index (χ0n) is 19.2. The molecule has 3 aliphatic rings. The van der Waals surface area contributed by atoms with Crippen molar-refractivity contribution < 1.29 is 22.8 Å². The summed E-state index contributed by atoms with van der Waals surface area (Å²) in [6.07, 6.45) is 3.82. The molecule has 3 unspecified atom stereocenters. The number of amides is 3. The van der Waals surface area contributed by atoms with Gasteiger partial charge in [-0.1, -0.05) is 51.3 Å². The summed E-state index contributed by atoms with van der Waals surface area (Å²) in [6.45, 7) is -0.411.